The van der Waals surface area contributed by atoms with Gasteiger partial charge in [-0.1, -0.05) is 17.3 Å². The first-order valence-electron chi connectivity index (χ1n) is 6.95. The zero-order valence-electron chi connectivity index (χ0n) is 12.7. The number of ether oxygens (including phenoxy) is 1. The van der Waals surface area contributed by atoms with E-state index in [1.165, 1.54) is 0 Å². The van der Waals surface area contributed by atoms with Crippen LogP contribution >= 0.6 is 11.3 Å². The van der Waals surface area contributed by atoms with Crippen LogP contribution < -0.4 is 4.74 Å². The Morgan fingerprint density at radius 1 is 1.23 bits per heavy atom. The highest BCUT2D eigenvalue weighted by atomic mass is 32.1. The van der Waals surface area contributed by atoms with Crippen LogP contribution in [-0.4, -0.2) is 22.2 Å². The van der Waals surface area contributed by atoms with Gasteiger partial charge in [0.25, 0.3) is 0 Å². The quantitative estimate of drug-likeness (QED) is 0.721. The van der Waals surface area contributed by atoms with Gasteiger partial charge in [-0.15, -0.1) is 11.3 Å². The van der Waals surface area contributed by atoms with Crippen LogP contribution in [0.1, 0.15) is 36.1 Å². The van der Waals surface area contributed by atoms with E-state index in [4.69, 9.17) is 9.26 Å². The highest BCUT2D eigenvalue weighted by Gasteiger charge is 2.32. The maximum atomic E-state index is 5.45. The lowest BCUT2D eigenvalue weighted by atomic mass is 9.94. The normalized spacial score (nSPS) is 11.6. The van der Waals surface area contributed by atoms with E-state index in [1.54, 1.807) is 24.6 Å². The third-order valence-electron chi connectivity index (χ3n) is 3.49. The number of rotatable bonds is 5. The number of aromatic nitrogens is 3. The van der Waals surface area contributed by atoms with Crippen molar-refractivity contribution in [3.05, 3.63) is 58.1 Å². The van der Waals surface area contributed by atoms with Gasteiger partial charge in [0.1, 0.15) is 10.8 Å². The molecule has 3 aromatic rings. The SMILES string of the molecule is COc1ccc(Cc2noc(C(C)(C)c3nccs3)n2)cc1. The summed E-state index contributed by atoms with van der Waals surface area (Å²) in [6.07, 6.45) is 2.41. The predicted molar refractivity (Wildman–Crippen MR) is 84.3 cm³/mol. The lowest BCUT2D eigenvalue weighted by Gasteiger charge is -2.15. The molecule has 0 fully saturated rings. The fourth-order valence-corrected chi connectivity index (χ4v) is 2.88. The summed E-state index contributed by atoms with van der Waals surface area (Å²) >= 11 is 1.59. The van der Waals surface area contributed by atoms with Gasteiger partial charge in [-0.25, -0.2) is 4.98 Å². The molecular weight excluding hydrogens is 298 g/mol. The van der Waals surface area contributed by atoms with Gasteiger partial charge in [0, 0.05) is 18.0 Å². The fraction of sp³-hybridized carbons (Fsp3) is 0.312. The van der Waals surface area contributed by atoms with Gasteiger partial charge >= 0.3 is 0 Å². The highest BCUT2D eigenvalue weighted by Crippen LogP contribution is 2.31. The van der Waals surface area contributed by atoms with Gasteiger partial charge in [-0.2, -0.15) is 4.98 Å². The lowest BCUT2D eigenvalue weighted by Crippen LogP contribution is -2.19. The summed E-state index contributed by atoms with van der Waals surface area (Å²) < 4.78 is 10.6. The number of methoxy groups -OCH3 is 1. The summed E-state index contributed by atoms with van der Waals surface area (Å²) in [5.74, 6) is 2.10. The first kappa shape index (κ1) is 14.7. The third-order valence-corrected chi connectivity index (χ3v) is 4.59. The first-order valence-corrected chi connectivity index (χ1v) is 7.83. The van der Waals surface area contributed by atoms with Crippen molar-refractivity contribution in [3.8, 4) is 5.75 Å². The summed E-state index contributed by atoms with van der Waals surface area (Å²) in [4.78, 5) is 8.89. The molecule has 6 heteroatoms. The molecule has 22 heavy (non-hydrogen) atoms. The van der Waals surface area contributed by atoms with Crippen LogP contribution in [0.25, 0.3) is 0 Å². The highest BCUT2D eigenvalue weighted by molar-refractivity contribution is 7.09. The van der Waals surface area contributed by atoms with E-state index < -0.39 is 0 Å². The number of nitrogens with zero attached hydrogens (tertiary/aromatic N) is 3. The summed E-state index contributed by atoms with van der Waals surface area (Å²) in [6.45, 7) is 4.08. The van der Waals surface area contributed by atoms with E-state index in [9.17, 15) is 0 Å². The lowest BCUT2D eigenvalue weighted by molar-refractivity contribution is 0.329. The zero-order chi connectivity index (χ0) is 15.6. The predicted octanol–water partition coefficient (Wildman–Crippen LogP) is 3.45. The van der Waals surface area contributed by atoms with Crippen molar-refractivity contribution in [2.45, 2.75) is 25.7 Å². The van der Waals surface area contributed by atoms with E-state index >= 15 is 0 Å². The minimum absolute atomic E-state index is 0.376. The second-order valence-corrected chi connectivity index (χ2v) is 6.40. The average molecular weight is 315 g/mol. The minimum atomic E-state index is -0.376. The van der Waals surface area contributed by atoms with Crippen molar-refractivity contribution >= 4 is 11.3 Å². The van der Waals surface area contributed by atoms with E-state index in [0.29, 0.717) is 18.1 Å². The summed E-state index contributed by atoms with van der Waals surface area (Å²) in [5.41, 5.74) is 0.736. The van der Waals surface area contributed by atoms with Crippen molar-refractivity contribution in [2.24, 2.45) is 0 Å². The Morgan fingerprint density at radius 3 is 2.64 bits per heavy atom. The largest absolute Gasteiger partial charge is 0.497 e. The molecular formula is C16H17N3O2S. The molecule has 0 unspecified atom stereocenters. The molecule has 0 atom stereocenters. The van der Waals surface area contributed by atoms with Crippen LogP contribution in [0.3, 0.4) is 0 Å². The van der Waals surface area contributed by atoms with E-state index in [1.807, 2.05) is 43.5 Å². The van der Waals surface area contributed by atoms with E-state index in [2.05, 4.69) is 15.1 Å². The van der Waals surface area contributed by atoms with Crippen molar-refractivity contribution in [1.29, 1.82) is 0 Å². The molecule has 0 amide bonds. The second kappa shape index (κ2) is 5.88. The van der Waals surface area contributed by atoms with Crippen molar-refractivity contribution in [2.75, 3.05) is 7.11 Å². The number of benzene rings is 1. The molecule has 1 aromatic carbocycles. The molecule has 0 saturated heterocycles. The van der Waals surface area contributed by atoms with Crippen LogP contribution in [0.4, 0.5) is 0 Å². The third kappa shape index (κ3) is 2.87. The molecule has 0 aliphatic heterocycles. The maximum Gasteiger partial charge on any atom is 0.239 e. The summed E-state index contributed by atoms with van der Waals surface area (Å²) in [6, 6.07) is 7.85. The molecule has 3 rings (SSSR count). The van der Waals surface area contributed by atoms with Crippen LogP contribution in [0.5, 0.6) is 5.75 Å². The Bertz CT molecular complexity index is 733. The van der Waals surface area contributed by atoms with Gasteiger partial charge in [-0.05, 0) is 31.5 Å². The summed E-state index contributed by atoms with van der Waals surface area (Å²) in [5, 5.41) is 7.00. The number of hydrogen-bond acceptors (Lipinski definition) is 6. The van der Waals surface area contributed by atoms with E-state index in [-0.39, 0.29) is 5.41 Å². The average Bonchev–Trinajstić information content (AvgIpc) is 3.20. The van der Waals surface area contributed by atoms with Gasteiger partial charge in [0.15, 0.2) is 5.82 Å². The first-order chi connectivity index (χ1) is 10.6. The van der Waals surface area contributed by atoms with Crippen molar-refractivity contribution < 1.29 is 9.26 Å². The number of hydrogen-bond donors (Lipinski definition) is 0. The van der Waals surface area contributed by atoms with Crippen molar-refractivity contribution in [3.63, 3.8) is 0 Å². The molecule has 0 N–H and O–H groups in total. The second-order valence-electron chi connectivity index (χ2n) is 5.50. The van der Waals surface area contributed by atoms with Gasteiger partial charge < -0.3 is 9.26 Å². The smallest absolute Gasteiger partial charge is 0.239 e. The maximum absolute atomic E-state index is 5.45. The van der Waals surface area contributed by atoms with E-state index in [0.717, 1.165) is 16.3 Å². The molecule has 0 saturated carbocycles. The Morgan fingerprint density at radius 2 is 2.00 bits per heavy atom. The van der Waals surface area contributed by atoms with Gasteiger partial charge in [-0.3, -0.25) is 0 Å². The minimum Gasteiger partial charge on any atom is -0.497 e. The number of thiazole rings is 1. The van der Waals surface area contributed by atoms with Crippen molar-refractivity contribution in [1.82, 2.24) is 15.1 Å². The molecule has 0 radical (unpaired) electrons. The Labute approximate surface area is 133 Å². The van der Waals surface area contributed by atoms with Gasteiger partial charge in [0.2, 0.25) is 5.89 Å². The molecule has 114 valence electrons. The molecule has 2 heterocycles. The Balaban J connectivity index is 1.78. The summed E-state index contributed by atoms with van der Waals surface area (Å²) in [7, 11) is 1.65. The van der Waals surface area contributed by atoms with Crippen LogP contribution in [-0.2, 0) is 11.8 Å². The fourth-order valence-electron chi connectivity index (χ4n) is 2.13. The molecule has 2 aromatic heterocycles. The Hall–Kier alpha value is -2.21. The van der Waals surface area contributed by atoms with Crippen LogP contribution in [0.2, 0.25) is 0 Å². The van der Waals surface area contributed by atoms with Crippen LogP contribution in [0, 0.1) is 0 Å². The van der Waals surface area contributed by atoms with Crippen LogP contribution in [0.15, 0.2) is 40.4 Å². The van der Waals surface area contributed by atoms with Gasteiger partial charge in [0.05, 0.1) is 12.5 Å². The standard InChI is InChI=1S/C16H17N3O2S/c1-16(2,15-17-8-9-22-15)14-18-13(19-21-14)10-11-4-6-12(20-3)7-5-11/h4-9H,10H2,1-3H3. The topological polar surface area (TPSA) is 61.0 Å². The molecule has 0 spiro atoms. The molecule has 0 aliphatic rings. The molecule has 5 nitrogen and oxygen atoms in total. The molecule has 0 bridgehead atoms. The molecule has 0 aliphatic carbocycles. The monoisotopic (exact) mass is 315 g/mol. The zero-order valence-corrected chi connectivity index (χ0v) is 13.6. The Kier molecular flexibility index (Phi) is 3.94.